The van der Waals surface area contributed by atoms with E-state index in [1.54, 1.807) is 6.92 Å². The second kappa shape index (κ2) is 4.93. The molecule has 0 heterocycles. The largest absolute Gasteiger partial charge is 0.381 e. The van der Waals surface area contributed by atoms with Crippen LogP contribution >= 0.6 is 11.6 Å². The van der Waals surface area contributed by atoms with Crippen molar-refractivity contribution in [2.45, 2.75) is 12.5 Å². The number of benzene rings is 3. The third-order valence-corrected chi connectivity index (χ3v) is 3.94. The molecule has 1 unspecified atom stereocenters. The van der Waals surface area contributed by atoms with Crippen molar-refractivity contribution in [2.24, 2.45) is 0 Å². The zero-order valence-electron chi connectivity index (χ0n) is 11.2. The molecule has 0 spiro atoms. The summed E-state index contributed by atoms with van der Waals surface area (Å²) >= 11 is 6.05. The molecule has 0 aromatic heterocycles. The average molecular weight is 283 g/mol. The Bertz CT molecular complexity index is 757. The van der Waals surface area contributed by atoms with Gasteiger partial charge in [0, 0.05) is 5.02 Å². The van der Waals surface area contributed by atoms with Crippen LogP contribution in [0.4, 0.5) is 0 Å². The Morgan fingerprint density at radius 1 is 0.900 bits per heavy atom. The van der Waals surface area contributed by atoms with Gasteiger partial charge in [0.15, 0.2) is 0 Å². The standard InChI is InChI=1S/C18H15ClO/c1-18(20,14-8-5-9-15(19)12-14)17-11-4-7-13-6-2-3-10-16(13)17/h2-12,20H,1H3. The van der Waals surface area contributed by atoms with Crippen molar-refractivity contribution in [1.82, 2.24) is 0 Å². The molecule has 0 radical (unpaired) electrons. The summed E-state index contributed by atoms with van der Waals surface area (Å²) in [7, 11) is 0. The van der Waals surface area contributed by atoms with Crippen LogP contribution in [0.2, 0.25) is 5.02 Å². The van der Waals surface area contributed by atoms with Gasteiger partial charge in [-0.1, -0.05) is 66.2 Å². The first-order chi connectivity index (χ1) is 9.59. The van der Waals surface area contributed by atoms with E-state index in [4.69, 9.17) is 11.6 Å². The Morgan fingerprint density at radius 3 is 2.40 bits per heavy atom. The van der Waals surface area contributed by atoms with Gasteiger partial charge in [0.25, 0.3) is 0 Å². The van der Waals surface area contributed by atoms with E-state index in [9.17, 15) is 5.11 Å². The molecule has 0 aliphatic heterocycles. The summed E-state index contributed by atoms with van der Waals surface area (Å²) in [6, 6.07) is 21.4. The minimum atomic E-state index is -1.08. The lowest BCUT2D eigenvalue weighted by molar-refractivity contribution is 0.104. The Morgan fingerprint density at radius 2 is 1.60 bits per heavy atom. The van der Waals surface area contributed by atoms with Gasteiger partial charge in [-0.05, 0) is 41.0 Å². The van der Waals surface area contributed by atoms with Crippen molar-refractivity contribution in [3.63, 3.8) is 0 Å². The fraction of sp³-hybridized carbons (Fsp3) is 0.111. The normalized spacial score (nSPS) is 14.2. The Labute approximate surface area is 123 Å². The highest BCUT2D eigenvalue weighted by Crippen LogP contribution is 2.34. The molecule has 0 saturated heterocycles. The van der Waals surface area contributed by atoms with Crippen molar-refractivity contribution in [3.8, 4) is 0 Å². The van der Waals surface area contributed by atoms with Gasteiger partial charge < -0.3 is 5.11 Å². The number of aliphatic hydroxyl groups is 1. The predicted octanol–water partition coefficient (Wildman–Crippen LogP) is 4.75. The van der Waals surface area contributed by atoms with Crippen LogP contribution in [0.15, 0.2) is 66.7 Å². The van der Waals surface area contributed by atoms with E-state index in [-0.39, 0.29) is 0 Å². The van der Waals surface area contributed by atoms with Gasteiger partial charge in [0.05, 0.1) is 0 Å². The van der Waals surface area contributed by atoms with Crippen molar-refractivity contribution < 1.29 is 5.11 Å². The number of halogens is 1. The fourth-order valence-corrected chi connectivity index (χ4v) is 2.79. The first kappa shape index (κ1) is 13.2. The van der Waals surface area contributed by atoms with Crippen molar-refractivity contribution in [1.29, 1.82) is 0 Å². The molecule has 3 aromatic carbocycles. The molecule has 3 aromatic rings. The SMILES string of the molecule is CC(O)(c1cccc(Cl)c1)c1cccc2ccccc12. The van der Waals surface area contributed by atoms with Gasteiger partial charge >= 0.3 is 0 Å². The molecule has 2 heteroatoms. The third kappa shape index (κ3) is 2.20. The Kier molecular flexibility index (Phi) is 3.25. The molecule has 0 aliphatic carbocycles. The third-order valence-electron chi connectivity index (χ3n) is 3.70. The van der Waals surface area contributed by atoms with Gasteiger partial charge in [-0.3, -0.25) is 0 Å². The Hall–Kier alpha value is -1.83. The summed E-state index contributed by atoms with van der Waals surface area (Å²) in [5.74, 6) is 0. The number of fused-ring (bicyclic) bond motifs is 1. The van der Waals surface area contributed by atoms with Crippen LogP contribution in [-0.4, -0.2) is 5.11 Å². The zero-order chi connectivity index (χ0) is 14.2. The summed E-state index contributed by atoms with van der Waals surface area (Å²) in [6.07, 6.45) is 0. The molecular weight excluding hydrogens is 268 g/mol. The van der Waals surface area contributed by atoms with E-state index in [0.29, 0.717) is 5.02 Å². The lowest BCUT2D eigenvalue weighted by atomic mass is 9.85. The van der Waals surface area contributed by atoms with E-state index in [2.05, 4.69) is 0 Å². The molecule has 20 heavy (non-hydrogen) atoms. The van der Waals surface area contributed by atoms with Gasteiger partial charge in [0.1, 0.15) is 5.60 Å². The van der Waals surface area contributed by atoms with Gasteiger partial charge in [-0.15, -0.1) is 0 Å². The van der Waals surface area contributed by atoms with E-state index >= 15 is 0 Å². The average Bonchev–Trinajstić information content (AvgIpc) is 2.46. The maximum Gasteiger partial charge on any atom is 0.112 e. The summed E-state index contributed by atoms with van der Waals surface area (Å²) < 4.78 is 0. The molecule has 0 bridgehead atoms. The second-order valence-corrected chi connectivity index (χ2v) is 5.55. The van der Waals surface area contributed by atoms with Crippen molar-refractivity contribution in [2.75, 3.05) is 0 Å². The number of hydrogen-bond donors (Lipinski definition) is 1. The van der Waals surface area contributed by atoms with Gasteiger partial charge in [0.2, 0.25) is 0 Å². The molecule has 3 rings (SSSR count). The maximum absolute atomic E-state index is 11.0. The second-order valence-electron chi connectivity index (χ2n) is 5.11. The van der Waals surface area contributed by atoms with Crippen LogP contribution in [0.1, 0.15) is 18.1 Å². The van der Waals surface area contributed by atoms with E-state index in [1.807, 2.05) is 66.7 Å². The summed E-state index contributed by atoms with van der Waals surface area (Å²) in [5, 5.41) is 13.8. The number of rotatable bonds is 2. The molecule has 0 fully saturated rings. The summed E-state index contributed by atoms with van der Waals surface area (Å²) in [6.45, 7) is 1.81. The lowest BCUT2D eigenvalue weighted by Gasteiger charge is -2.26. The molecule has 0 saturated carbocycles. The predicted molar refractivity (Wildman–Crippen MR) is 84.1 cm³/mol. The first-order valence-electron chi connectivity index (χ1n) is 6.56. The highest BCUT2D eigenvalue weighted by molar-refractivity contribution is 6.30. The number of hydrogen-bond acceptors (Lipinski definition) is 1. The summed E-state index contributed by atoms with van der Waals surface area (Å²) in [4.78, 5) is 0. The molecule has 1 nitrogen and oxygen atoms in total. The molecule has 1 N–H and O–H groups in total. The summed E-state index contributed by atoms with van der Waals surface area (Å²) in [5.41, 5.74) is 0.602. The molecule has 1 atom stereocenters. The Balaban J connectivity index is 2.23. The lowest BCUT2D eigenvalue weighted by Crippen LogP contribution is -2.23. The minimum absolute atomic E-state index is 0.628. The highest BCUT2D eigenvalue weighted by atomic mass is 35.5. The van der Waals surface area contributed by atoms with Crippen LogP contribution in [0.25, 0.3) is 10.8 Å². The van der Waals surface area contributed by atoms with Gasteiger partial charge in [-0.2, -0.15) is 0 Å². The molecule has 0 aliphatic rings. The van der Waals surface area contributed by atoms with E-state index in [0.717, 1.165) is 21.9 Å². The van der Waals surface area contributed by atoms with E-state index in [1.165, 1.54) is 0 Å². The smallest absolute Gasteiger partial charge is 0.112 e. The monoisotopic (exact) mass is 282 g/mol. The van der Waals surface area contributed by atoms with Crippen molar-refractivity contribution in [3.05, 3.63) is 82.9 Å². The molecule has 100 valence electrons. The highest BCUT2D eigenvalue weighted by Gasteiger charge is 2.27. The molecular formula is C18H15ClO. The van der Waals surface area contributed by atoms with Crippen LogP contribution in [0.3, 0.4) is 0 Å². The van der Waals surface area contributed by atoms with E-state index < -0.39 is 5.60 Å². The molecule has 0 amide bonds. The quantitative estimate of drug-likeness (QED) is 0.719. The van der Waals surface area contributed by atoms with Crippen LogP contribution in [-0.2, 0) is 5.60 Å². The van der Waals surface area contributed by atoms with Crippen LogP contribution in [0, 0.1) is 0 Å². The van der Waals surface area contributed by atoms with Crippen LogP contribution in [0.5, 0.6) is 0 Å². The first-order valence-corrected chi connectivity index (χ1v) is 6.93. The van der Waals surface area contributed by atoms with Crippen molar-refractivity contribution >= 4 is 22.4 Å². The van der Waals surface area contributed by atoms with Gasteiger partial charge in [-0.25, -0.2) is 0 Å². The van der Waals surface area contributed by atoms with Crippen LogP contribution < -0.4 is 0 Å². The maximum atomic E-state index is 11.0. The zero-order valence-corrected chi connectivity index (χ0v) is 11.9. The topological polar surface area (TPSA) is 20.2 Å². The minimum Gasteiger partial charge on any atom is -0.381 e. The fourth-order valence-electron chi connectivity index (χ4n) is 2.60.